The van der Waals surface area contributed by atoms with Crippen molar-refractivity contribution < 1.29 is 4.74 Å². The quantitative estimate of drug-likeness (QED) is 0.761. The van der Waals surface area contributed by atoms with Crippen LogP contribution in [0.3, 0.4) is 0 Å². The monoisotopic (exact) mass is 335 g/mol. The molecular formula is C23H29NO. The zero-order valence-corrected chi connectivity index (χ0v) is 15.2. The van der Waals surface area contributed by atoms with E-state index in [1.165, 1.54) is 30.6 Å². The van der Waals surface area contributed by atoms with Gasteiger partial charge in [0.1, 0.15) is 0 Å². The number of nitrogens with zero attached hydrogens (tertiary/aromatic N) is 1. The Labute approximate surface area is 151 Å². The average Bonchev–Trinajstić information content (AvgIpc) is 3.49. The van der Waals surface area contributed by atoms with Crippen LogP contribution in [0.4, 0.5) is 0 Å². The number of methoxy groups -OCH3 is 1. The van der Waals surface area contributed by atoms with Crippen molar-refractivity contribution >= 4 is 0 Å². The summed E-state index contributed by atoms with van der Waals surface area (Å²) in [5.74, 6) is 0.751. The van der Waals surface area contributed by atoms with Crippen LogP contribution in [0.15, 0.2) is 60.7 Å². The zero-order chi connectivity index (χ0) is 17.1. The zero-order valence-electron chi connectivity index (χ0n) is 15.2. The normalized spacial score (nSPS) is 25.6. The van der Waals surface area contributed by atoms with Gasteiger partial charge in [-0.05, 0) is 43.2 Å². The van der Waals surface area contributed by atoms with Gasteiger partial charge in [0.25, 0.3) is 0 Å². The molecule has 0 spiro atoms. The highest BCUT2D eigenvalue weighted by Crippen LogP contribution is 2.46. The van der Waals surface area contributed by atoms with Gasteiger partial charge in [-0.15, -0.1) is 0 Å². The van der Waals surface area contributed by atoms with Crippen LogP contribution in [-0.4, -0.2) is 36.7 Å². The lowest BCUT2D eigenvalue weighted by atomic mass is 9.85. The van der Waals surface area contributed by atoms with Crippen molar-refractivity contribution in [3.8, 4) is 0 Å². The highest BCUT2D eigenvalue weighted by atomic mass is 16.5. The molecule has 1 heterocycles. The summed E-state index contributed by atoms with van der Waals surface area (Å²) < 4.78 is 6.03. The number of piperidine rings is 1. The van der Waals surface area contributed by atoms with Gasteiger partial charge in [0.2, 0.25) is 0 Å². The Hall–Kier alpha value is -1.64. The Morgan fingerprint density at radius 3 is 2.24 bits per heavy atom. The molecule has 0 bridgehead atoms. The van der Waals surface area contributed by atoms with E-state index in [2.05, 4.69) is 65.6 Å². The summed E-state index contributed by atoms with van der Waals surface area (Å²) in [5, 5.41) is 0. The summed E-state index contributed by atoms with van der Waals surface area (Å²) >= 11 is 0. The predicted molar refractivity (Wildman–Crippen MR) is 103 cm³/mol. The Morgan fingerprint density at radius 2 is 1.60 bits per heavy atom. The van der Waals surface area contributed by atoms with Crippen molar-refractivity contribution in [1.82, 2.24) is 4.90 Å². The lowest BCUT2D eigenvalue weighted by molar-refractivity contribution is -0.0638. The Bertz CT molecular complexity index is 661. The van der Waals surface area contributed by atoms with Crippen LogP contribution < -0.4 is 0 Å². The van der Waals surface area contributed by atoms with Crippen LogP contribution >= 0.6 is 0 Å². The number of hydrogen-bond acceptors (Lipinski definition) is 2. The van der Waals surface area contributed by atoms with Crippen molar-refractivity contribution in [3.05, 3.63) is 71.8 Å². The molecule has 2 fully saturated rings. The molecule has 2 heteroatoms. The van der Waals surface area contributed by atoms with E-state index < -0.39 is 0 Å². The molecule has 0 aromatic heterocycles. The number of ether oxygens (including phenoxy) is 1. The van der Waals surface area contributed by atoms with E-state index in [1.807, 2.05) is 7.11 Å². The molecule has 1 aliphatic carbocycles. The van der Waals surface area contributed by atoms with Crippen LogP contribution in [-0.2, 0) is 11.2 Å². The third-order valence-electron chi connectivity index (χ3n) is 6.31. The van der Waals surface area contributed by atoms with E-state index in [-0.39, 0.29) is 5.60 Å². The molecule has 2 unspecified atom stereocenters. The van der Waals surface area contributed by atoms with Gasteiger partial charge in [-0.2, -0.15) is 0 Å². The molecule has 4 rings (SSSR count). The lowest BCUT2D eigenvalue weighted by Gasteiger charge is -2.41. The maximum absolute atomic E-state index is 6.03. The van der Waals surface area contributed by atoms with Crippen molar-refractivity contribution in [2.75, 3.05) is 20.2 Å². The Kier molecular flexibility index (Phi) is 4.91. The summed E-state index contributed by atoms with van der Waals surface area (Å²) in [5.41, 5.74) is 3.01. The standard InChI is InChI=1S/C23H29NO/c1-25-23(13-12-19-8-4-2-5-9-19)14-16-24(17-15-23)22-18-21(22)20-10-6-3-7-11-20/h2-11,21-22H,12-18H2,1H3. The van der Waals surface area contributed by atoms with Crippen LogP contribution in [0.5, 0.6) is 0 Å². The molecule has 25 heavy (non-hydrogen) atoms. The number of benzene rings is 2. The van der Waals surface area contributed by atoms with E-state index in [0.717, 1.165) is 37.6 Å². The largest absolute Gasteiger partial charge is 0.378 e. The second kappa shape index (κ2) is 7.31. The number of rotatable bonds is 6. The van der Waals surface area contributed by atoms with Crippen LogP contribution in [0.1, 0.15) is 42.7 Å². The summed E-state index contributed by atoms with van der Waals surface area (Å²) in [6, 6.07) is 22.6. The van der Waals surface area contributed by atoms with Crippen LogP contribution in [0, 0.1) is 0 Å². The van der Waals surface area contributed by atoms with Crippen LogP contribution in [0.25, 0.3) is 0 Å². The molecule has 0 N–H and O–H groups in total. The third-order valence-corrected chi connectivity index (χ3v) is 6.31. The van der Waals surface area contributed by atoms with Crippen molar-refractivity contribution in [2.24, 2.45) is 0 Å². The van der Waals surface area contributed by atoms with Crippen LogP contribution in [0.2, 0.25) is 0 Å². The Morgan fingerprint density at radius 1 is 0.960 bits per heavy atom. The SMILES string of the molecule is COC1(CCc2ccccc2)CCN(C2CC2c2ccccc2)CC1. The van der Waals surface area contributed by atoms with E-state index >= 15 is 0 Å². The fraction of sp³-hybridized carbons (Fsp3) is 0.478. The lowest BCUT2D eigenvalue weighted by Crippen LogP contribution is -2.46. The molecule has 0 radical (unpaired) electrons. The Balaban J connectivity index is 1.31. The van der Waals surface area contributed by atoms with Gasteiger partial charge < -0.3 is 4.74 Å². The molecule has 1 saturated carbocycles. The van der Waals surface area contributed by atoms with Crippen molar-refractivity contribution in [2.45, 2.75) is 49.7 Å². The number of aryl methyl sites for hydroxylation is 1. The number of likely N-dealkylation sites (tertiary alicyclic amines) is 1. The molecular weight excluding hydrogens is 306 g/mol. The maximum Gasteiger partial charge on any atom is 0.0706 e. The second-order valence-electron chi connectivity index (χ2n) is 7.73. The minimum Gasteiger partial charge on any atom is -0.378 e. The van der Waals surface area contributed by atoms with Gasteiger partial charge in [0.15, 0.2) is 0 Å². The van der Waals surface area contributed by atoms with E-state index in [0.29, 0.717) is 0 Å². The van der Waals surface area contributed by atoms with Gasteiger partial charge in [0.05, 0.1) is 5.60 Å². The minimum absolute atomic E-state index is 0.0729. The molecule has 0 amide bonds. The molecule has 1 aliphatic heterocycles. The van der Waals surface area contributed by atoms with Crippen molar-refractivity contribution in [3.63, 3.8) is 0 Å². The fourth-order valence-electron chi connectivity index (χ4n) is 4.48. The first-order chi connectivity index (χ1) is 12.3. The van der Waals surface area contributed by atoms with E-state index in [1.54, 1.807) is 0 Å². The molecule has 132 valence electrons. The molecule has 2 aromatic rings. The molecule has 2 aromatic carbocycles. The first kappa shape index (κ1) is 16.8. The summed E-state index contributed by atoms with van der Waals surface area (Å²) in [7, 11) is 1.91. The first-order valence-corrected chi connectivity index (χ1v) is 9.68. The molecule has 2 nitrogen and oxygen atoms in total. The average molecular weight is 335 g/mol. The maximum atomic E-state index is 6.03. The highest BCUT2D eigenvalue weighted by molar-refractivity contribution is 5.28. The minimum atomic E-state index is 0.0729. The highest BCUT2D eigenvalue weighted by Gasteiger charge is 2.45. The summed E-state index contributed by atoms with van der Waals surface area (Å²) in [4.78, 5) is 2.71. The molecule has 1 saturated heterocycles. The van der Waals surface area contributed by atoms with E-state index in [4.69, 9.17) is 4.74 Å². The van der Waals surface area contributed by atoms with Gasteiger partial charge in [-0.3, -0.25) is 4.90 Å². The smallest absolute Gasteiger partial charge is 0.0706 e. The number of hydrogen-bond donors (Lipinski definition) is 0. The van der Waals surface area contributed by atoms with Gasteiger partial charge in [-0.25, -0.2) is 0 Å². The summed E-state index contributed by atoms with van der Waals surface area (Å²) in [6.45, 7) is 2.35. The van der Waals surface area contributed by atoms with Gasteiger partial charge in [0, 0.05) is 32.2 Å². The predicted octanol–water partition coefficient (Wildman–Crippen LogP) is 4.66. The van der Waals surface area contributed by atoms with Crippen molar-refractivity contribution in [1.29, 1.82) is 0 Å². The fourth-order valence-corrected chi connectivity index (χ4v) is 4.48. The van der Waals surface area contributed by atoms with Gasteiger partial charge in [-0.1, -0.05) is 60.7 Å². The van der Waals surface area contributed by atoms with E-state index in [9.17, 15) is 0 Å². The molecule has 2 atom stereocenters. The first-order valence-electron chi connectivity index (χ1n) is 9.68. The topological polar surface area (TPSA) is 12.5 Å². The van der Waals surface area contributed by atoms with Gasteiger partial charge >= 0.3 is 0 Å². The molecule has 2 aliphatic rings. The summed E-state index contributed by atoms with van der Waals surface area (Å²) in [6.07, 6.45) is 5.90. The second-order valence-corrected chi connectivity index (χ2v) is 7.73. The third kappa shape index (κ3) is 3.80.